The molecule has 0 radical (unpaired) electrons. The van der Waals surface area contributed by atoms with Crippen molar-refractivity contribution in [2.24, 2.45) is 0 Å². The van der Waals surface area contributed by atoms with Crippen molar-refractivity contribution in [3.05, 3.63) is 64.7 Å². The number of amides is 1. The highest BCUT2D eigenvalue weighted by Gasteiger charge is 2.25. The number of rotatable bonds is 7. The summed E-state index contributed by atoms with van der Waals surface area (Å²) >= 11 is 0. The minimum atomic E-state index is -3.72. The highest BCUT2D eigenvalue weighted by atomic mass is 32.2. The van der Waals surface area contributed by atoms with E-state index in [2.05, 4.69) is 0 Å². The molecule has 0 spiro atoms. The second-order valence-corrected chi connectivity index (χ2v) is 8.37. The number of sulfonamides is 1. The van der Waals surface area contributed by atoms with E-state index in [9.17, 15) is 22.0 Å². The van der Waals surface area contributed by atoms with Gasteiger partial charge in [-0.2, -0.15) is 4.31 Å². The first kappa shape index (κ1) is 22.0. The molecule has 0 saturated heterocycles. The molecule has 152 valence electrons. The number of nitrogens with zero attached hydrogens (tertiary/aromatic N) is 2. The first-order chi connectivity index (χ1) is 13.1. The van der Waals surface area contributed by atoms with Gasteiger partial charge in [0.15, 0.2) is 0 Å². The minimum absolute atomic E-state index is 0.0725. The molecule has 0 aliphatic carbocycles. The summed E-state index contributed by atoms with van der Waals surface area (Å²) in [7, 11) is -2.25. The maximum Gasteiger partial charge on any atom is 0.253 e. The van der Waals surface area contributed by atoms with Gasteiger partial charge in [-0.25, -0.2) is 17.2 Å². The molecule has 0 aliphatic heterocycles. The van der Waals surface area contributed by atoms with E-state index >= 15 is 0 Å². The molecule has 0 bridgehead atoms. The summed E-state index contributed by atoms with van der Waals surface area (Å²) in [6.45, 7) is 5.73. The van der Waals surface area contributed by atoms with Gasteiger partial charge in [-0.3, -0.25) is 4.79 Å². The molecule has 2 rings (SSSR count). The van der Waals surface area contributed by atoms with Gasteiger partial charge in [0.05, 0.1) is 4.90 Å². The molecule has 28 heavy (non-hydrogen) atoms. The van der Waals surface area contributed by atoms with Crippen molar-refractivity contribution in [2.45, 2.75) is 32.2 Å². The quantitative estimate of drug-likeness (QED) is 0.701. The van der Waals surface area contributed by atoms with Crippen LogP contribution in [0.15, 0.2) is 41.3 Å². The predicted octanol–water partition coefficient (Wildman–Crippen LogP) is 3.58. The van der Waals surface area contributed by atoms with Crippen LogP contribution in [0.4, 0.5) is 8.78 Å². The van der Waals surface area contributed by atoms with Crippen LogP contribution in [0.3, 0.4) is 0 Å². The van der Waals surface area contributed by atoms with Crippen LogP contribution < -0.4 is 0 Å². The molecule has 2 aromatic carbocycles. The first-order valence-corrected chi connectivity index (χ1v) is 10.4. The number of benzene rings is 2. The van der Waals surface area contributed by atoms with Crippen molar-refractivity contribution in [1.29, 1.82) is 0 Å². The molecular weight excluding hydrogens is 386 g/mol. The second-order valence-electron chi connectivity index (χ2n) is 6.47. The lowest BCUT2D eigenvalue weighted by Gasteiger charge is -2.21. The molecule has 8 heteroatoms. The maximum atomic E-state index is 13.9. The van der Waals surface area contributed by atoms with E-state index in [0.29, 0.717) is 18.7 Å². The average Bonchev–Trinajstić information content (AvgIpc) is 2.64. The van der Waals surface area contributed by atoms with Crippen molar-refractivity contribution in [3.63, 3.8) is 0 Å². The van der Waals surface area contributed by atoms with Crippen LogP contribution in [0, 0.1) is 18.6 Å². The zero-order valence-electron chi connectivity index (χ0n) is 16.4. The van der Waals surface area contributed by atoms with E-state index in [0.717, 1.165) is 12.1 Å². The van der Waals surface area contributed by atoms with Crippen LogP contribution in [-0.2, 0) is 16.6 Å². The van der Waals surface area contributed by atoms with Gasteiger partial charge in [-0.05, 0) is 30.7 Å². The molecule has 0 aliphatic rings. The van der Waals surface area contributed by atoms with Crippen LogP contribution in [0.2, 0.25) is 0 Å². The van der Waals surface area contributed by atoms with Crippen molar-refractivity contribution >= 4 is 15.9 Å². The summed E-state index contributed by atoms with van der Waals surface area (Å²) < 4.78 is 53.9. The number of hydrogen-bond acceptors (Lipinski definition) is 3. The Kier molecular flexibility index (Phi) is 6.90. The lowest BCUT2D eigenvalue weighted by molar-refractivity contribution is 0.0783. The van der Waals surface area contributed by atoms with E-state index in [4.69, 9.17) is 0 Å². The van der Waals surface area contributed by atoms with Crippen LogP contribution in [-0.4, -0.2) is 43.7 Å². The van der Waals surface area contributed by atoms with Crippen LogP contribution in [0.5, 0.6) is 0 Å². The van der Waals surface area contributed by atoms with Gasteiger partial charge in [0, 0.05) is 43.9 Å². The molecule has 1 amide bonds. The Morgan fingerprint density at radius 2 is 1.68 bits per heavy atom. The van der Waals surface area contributed by atoms with Gasteiger partial charge in [-0.15, -0.1) is 0 Å². The van der Waals surface area contributed by atoms with Gasteiger partial charge >= 0.3 is 0 Å². The van der Waals surface area contributed by atoms with E-state index in [1.807, 2.05) is 0 Å². The highest BCUT2D eigenvalue weighted by Crippen LogP contribution is 2.22. The van der Waals surface area contributed by atoms with Crippen LogP contribution in [0.1, 0.15) is 35.3 Å². The summed E-state index contributed by atoms with van der Waals surface area (Å²) in [5.41, 5.74) is 0.886. The molecule has 0 heterocycles. The Hall–Kier alpha value is -2.32. The van der Waals surface area contributed by atoms with Gasteiger partial charge in [-0.1, -0.05) is 26.0 Å². The fourth-order valence-corrected chi connectivity index (χ4v) is 4.62. The Labute approximate surface area is 164 Å². The van der Waals surface area contributed by atoms with E-state index < -0.39 is 27.6 Å². The molecule has 0 fully saturated rings. The molecule has 0 atom stereocenters. The molecule has 2 aromatic rings. The summed E-state index contributed by atoms with van der Waals surface area (Å²) in [5.74, 6) is -1.90. The average molecular weight is 410 g/mol. The molecule has 0 unspecified atom stereocenters. The molecule has 0 aromatic heterocycles. The van der Waals surface area contributed by atoms with Crippen molar-refractivity contribution < 1.29 is 22.0 Å². The van der Waals surface area contributed by atoms with Crippen LogP contribution >= 0.6 is 0 Å². The van der Waals surface area contributed by atoms with E-state index in [1.54, 1.807) is 26.8 Å². The molecule has 0 N–H and O–H groups in total. The standard InChI is InChI=1S/C20H24F2N2O3S/c1-5-24(6-2)28(26,27)19-11-15(8-7-14(19)3)20(25)23(4)13-16-9-10-17(21)12-18(16)22/h7-12H,5-6,13H2,1-4H3. The third-order valence-corrected chi connectivity index (χ3v) is 6.72. The van der Waals surface area contributed by atoms with Gasteiger partial charge in [0.1, 0.15) is 11.6 Å². The Morgan fingerprint density at radius 1 is 1.04 bits per heavy atom. The largest absolute Gasteiger partial charge is 0.337 e. The molecular formula is C20H24F2N2O3S. The number of halogens is 2. The monoisotopic (exact) mass is 410 g/mol. The van der Waals surface area contributed by atoms with Crippen molar-refractivity contribution in [3.8, 4) is 0 Å². The molecule has 5 nitrogen and oxygen atoms in total. The maximum absolute atomic E-state index is 13.9. The SMILES string of the molecule is CCN(CC)S(=O)(=O)c1cc(C(=O)N(C)Cc2ccc(F)cc2F)ccc1C. The smallest absolute Gasteiger partial charge is 0.253 e. The normalized spacial score (nSPS) is 11.7. The van der Waals surface area contributed by atoms with Gasteiger partial charge in [0.2, 0.25) is 10.0 Å². The second kappa shape index (κ2) is 8.79. The number of carbonyl (C=O) groups excluding carboxylic acids is 1. The van der Waals surface area contributed by atoms with E-state index in [-0.39, 0.29) is 22.6 Å². The fraction of sp³-hybridized carbons (Fsp3) is 0.350. The van der Waals surface area contributed by atoms with Gasteiger partial charge < -0.3 is 4.90 Å². The Balaban J connectivity index is 2.33. The highest BCUT2D eigenvalue weighted by molar-refractivity contribution is 7.89. The summed E-state index contributed by atoms with van der Waals surface area (Å²) in [4.78, 5) is 14.1. The van der Waals surface area contributed by atoms with Gasteiger partial charge in [0.25, 0.3) is 5.91 Å². The number of aryl methyl sites for hydroxylation is 1. The lowest BCUT2D eigenvalue weighted by Crippen LogP contribution is -2.32. The lowest BCUT2D eigenvalue weighted by atomic mass is 10.1. The topological polar surface area (TPSA) is 57.7 Å². The third kappa shape index (κ3) is 4.56. The first-order valence-electron chi connectivity index (χ1n) is 8.92. The number of carbonyl (C=O) groups is 1. The predicted molar refractivity (Wildman–Crippen MR) is 103 cm³/mol. The van der Waals surface area contributed by atoms with Crippen molar-refractivity contribution in [2.75, 3.05) is 20.1 Å². The fourth-order valence-electron chi connectivity index (χ4n) is 2.91. The van der Waals surface area contributed by atoms with Crippen LogP contribution in [0.25, 0.3) is 0 Å². The zero-order chi connectivity index (χ0) is 21.1. The Morgan fingerprint density at radius 3 is 2.25 bits per heavy atom. The van der Waals surface area contributed by atoms with E-state index in [1.165, 1.54) is 34.5 Å². The minimum Gasteiger partial charge on any atom is -0.337 e. The third-order valence-electron chi connectivity index (χ3n) is 4.53. The molecule has 0 saturated carbocycles. The zero-order valence-corrected chi connectivity index (χ0v) is 17.2. The summed E-state index contributed by atoms with van der Waals surface area (Å²) in [6.07, 6.45) is 0. The number of hydrogen-bond donors (Lipinski definition) is 0. The van der Waals surface area contributed by atoms with Crippen molar-refractivity contribution in [1.82, 2.24) is 9.21 Å². The summed E-state index contributed by atoms with van der Waals surface area (Å²) in [5, 5.41) is 0. The summed E-state index contributed by atoms with van der Waals surface area (Å²) in [6, 6.07) is 7.63. The Bertz CT molecular complexity index is 973.